The van der Waals surface area contributed by atoms with E-state index >= 15 is 0 Å². The van der Waals surface area contributed by atoms with Crippen molar-refractivity contribution in [1.82, 2.24) is 9.78 Å². The minimum Gasteiger partial charge on any atom is -0.373 e. The molecule has 2 heterocycles. The molecule has 0 bridgehead atoms. The first-order valence-electron chi connectivity index (χ1n) is 7.12. The molecule has 0 fully saturated rings. The molecule has 1 aliphatic rings. The van der Waals surface area contributed by atoms with E-state index in [9.17, 15) is 8.42 Å². The van der Waals surface area contributed by atoms with E-state index in [0.29, 0.717) is 13.0 Å². The zero-order valence-corrected chi connectivity index (χ0v) is 13.1. The number of ether oxygens (including phenoxy) is 1. The van der Waals surface area contributed by atoms with Gasteiger partial charge < -0.3 is 4.74 Å². The van der Waals surface area contributed by atoms with Gasteiger partial charge in [0.2, 0.25) is 0 Å². The van der Waals surface area contributed by atoms with Gasteiger partial charge in [0.1, 0.15) is 0 Å². The van der Waals surface area contributed by atoms with Gasteiger partial charge in [0.05, 0.1) is 31.3 Å². The maximum atomic E-state index is 11.0. The van der Waals surface area contributed by atoms with E-state index in [2.05, 4.69) is 11.2 Å². The van der Waals surface area contributed by atoms with E-state index in [0.717, 1.165) is 23.9 Å². The van der Waals surface area contributed by atoms with E-state index < -0.39 is 10.1 Å². The zero-order chi connectivity index (χ0) is 15.6. The molecule has 1 atom stereocenters. The number of benzene rings is 1. The van der Waals surface area contributed by atoms with Crippen LogP contribution in [0, 0.1) is 0 Å². The van der Waals surface area contributed by atoms with Crippen molar-refractivity contribution < 1.29 is 17.3 Å². The minimum atomic E-state index is -3.41. The molecule has 0 saturated carbocycles. The molecule has 0 unspecified atom stereocenters. The second-order valence-electron chi connectivity index (χ2n) is 5.26. The van der Waals surface area contributed by atoms with Gasteiger partial charge in [0.25, 0.3) is 10.1 Å². The Kier molecular flexibility index (Phi) is 4.28. The highest BCUT2D eigenvalue weighted by atomic mass is 32.2. The van der Waals surface area contributed by atoms with Gasteiger partial charge in [-0.2, -0.15) is 13.5 Å². The number of fused-ring (bicyclic) bond motifs is 1. The number of nitrogens with zero attached hydrogens (tertiary/aromatic N) is 2. The molecular formula is C15H18N2O4S. The predicted octanol–water partition coefficient (Wildman–Crippen LogP) is 1.85. The highest BCUT2D eigenvalue weighted by molar-refractivity contribution is 7.85. The monoisotopic (exact) mass is 322 g/mol. The molecule has 2 aromatic rings. The molecular weight excluding hydrogens is 304 g/mol. The van der Waals surface area contributed by atoms with Gasteiger partial charge in [0.15, 0.2) is 0 Å². The quantitative estimate of drug-likeness (QED) is 0.786. The van der Waals surface area contributed by atoms with E-state index in [4.69, 9.17) is 8.92 Å². The first-order chi connectivity index (χ1) is 10.5. The Bertz CT molecular complexity index is 741. The van der Waals surface area contributed by atoms with E-state index in [1.807, 2.05) is 29.1 Å². The van der Waals surface area contributed by atoms with Crippen LogP contribution < -0.4 is 0 Å². The summed E-state index contributed by atoms with van der Waals surface area (Å²) in [7, 11) is -3.41. The molecule has 0 amide bonds. The summed E-state index contributed by atoms with van der Waals surface area (Å²) in [5.74, 6) is 0. The number of aromatic nitrogens is 2. The summed E-state index contributed by atoms with van der Waals surface area (Å²) in [6.07, 6.45) is 5.93. The smallest absolute Gasteiger partial charge is 0.264 e. The summed E-state index contributed by atoms with van der Waals surface area (Å²) in [6, 6.07) is 8.00. The van der Waals surface area contributed by atoms with Crippen LogP contribution in [-0.2, 0) is 25.5 Å². The fraction of sp³-hybridized carbons (Fsp3) is 0.400. The molecule has 1 aliphatic heterocycles. The average Bonchev–Trinajstić information content (AvgIpc) is 3.00. The molecule has 1 aromatic carbocycles. The van der Waals surface area contributed by atoms with Gasteiger partial charge in [0, 0.05) is 18.8 Å². The Morgan fingerprint density at radius 2 is 2.32 bits per heavy atom. The number of rotatable bonds is 5. The molecule has 7 heteroatoms. The molecule has 0 aliphatic carbocycles. The first-order valence-corrected chi connectivity index (χ1v) is 8.93. The van der Waals surface area contributed by atoms with Crippen LogP contribution in [0.15, 0.2) is 36.7 Å². The fourth-order valence-corrected chi connectivity index (χ4v) is 3.03. The Hall–Kier alpha value is -1.70. The Labute approximate surface area is 129 Å². The summed E-state index contributed by atoms with van der Waals surface area (Å²) in [6.45, 7) is 0.753. The van der Waals surface area contributed by atoms with Crippen LogP contribution in [0.25, 0.3) is 5.69 Å². The fourth-order valence-electron chi connectivity index (χ4n) is 2.63. The Morgan fingerprint density at radius 3 is 3.05 bits per heavy atom. The van der Waals surface area contributed by atoms with Crippen molar-refractivity contribution in [2.24, 2.45) is 0 Å². The van der Waals surface area contributed by atoms with E-state index in [1.165, 1.54) is 5.56 Å². The highest BCUT2D eigenvalue weighted by Gasteiger charge is 2.21. The standard InChI is InChI=1S/C15H18N2O4S/c1-22(18,19)21-10-6-15-14-4-3-13(17-8-2-7-16-17)11-12(14)5-9-20-15/h2-4,7-8,11,15H,5-6,9-10H2,1H3/t15-/m0/s1. The van der Waals surface area contributed by atoms with Crippen molar-refractivity contribution in [3.05, 3.63) is 47.8 Å². The number of hydrogen-bond donors (Lipinski definition) is 0. The summed E-state index contributed by atoms with van der Waals surface area (Å²) in [5.41, 5.74) is 3.32. The maximum absolute atomic E-state index is 11.0. The summed E-state index contributed by atoms with van der Waals surface area (Å²) in [5, 5.41) is 4.23. The van der Waals surface area contributed by atoms with Gasteiger partial charge in [-0.15, -0.1) is 0 Å². The van der Waals surface area contributed by atoms with Crippen LogP contribution in [0.2, 0.25) is 0 Å². The van der Waals surface area contributed by atoms with Crippen molar-refractivity contribution in [3.63, 3.8) is 0 Å². The molecule has 22 heavy (non-hydrogen) atoms. The third-order valence-electron chi connectivity index (χ3n) is 3.61. The van der Waals surface area contributed by atoms with Crippen molar-refractivity contribution in [2.45, 2.75) is 18.9 Å². The van der Waals surface area contributed by atoms with Crippen LogP contribution in [0.5, 0.6) is 0 Å². The second-order valence-corrected chi connectivity index (χ2v) is 6.90. The van der Waals surface area contributed by atoms with Gasteiger partial charge in [-0.25, -0.2) is 4.68 Å². The van der Waals surface area contributed by atoms with Crippen molar-refractivity contribution in [2.75, 3.05) is 19.5 Å². The molecule has 1 aromatic heterocycles. The Balaban J connectivity index is 1.76. The molecule has 0 spiro atoms. The van der Waals surface area contributed by atoms with Crippen molar-refractivity contribution in [3.8, 4) is 5.69 Å². The lowest BCUT2D eigenvalue weighted by molar-refractivity contribution is 0.0283. The molecule has 6 nitrogen and oxygen atoms in total. The molecule has 118 valence electrons. The number of hydrogen-bond acceptors (Lipinski definition) is 5. The third kappa shape index (κ3) is 3.55. The lowest BCUT2D eigenvalue weighted by atomic mass is 9.95. The summed E-state index contributed by atoms with van der Waals surface area (Å²) < 4.78 is 34.4. The molecule has 0 N–H and O–H groups in total. The topological polar surface area (TPSA) is 70.4 Å². The van der Waals surface area contributed by atoms with Crippen molar-refractivity contribution >= 4 is 10.1 Å². The SMILES string of the molecule is CS(=O)(=O)OCC[C@@H]1OCCc2cc(-n3cccn3)ccc21. The lowest BCUT2D eigenvalue weighted by Crippen LogP contribution is -2.19. The second kappa shape index (κ2) is 6.20. The Morgan fingerprint density at radius 1 is 1.45 bits per heavy atom. The van der Waals surface area contributed by atoms with Crippen LogP contribution in [0.4, 0.5) is 0 Å². The average molecular weight is 322 g/mol. The maximum Gasteiger partial charge on any atom is 0.264 e. The predicted molar refractivity (Wildman–Crippen MR) is 81.4 cm³/mol. The van der Waals surface area contributed by atoms with Crippen LogP contribution in [-0.4, -0.2) is 37.7 Å². The van der Waals surface area contributed by atoms with Crippen LogP contribution in [0.3, 0.4) is 0 Å². The van der Waals surface area contributed by atoms with Crippen LogP contribution >= 0.6 is 0 Å². The minimum absolute atomic E-state index is 0.128. The molecule has 0 saturated heterocycles. The van der Waals surface area contributed by atoms with Gasteiger partial charge >= 0.3 is 0 Å². The van der Waals surface area contributed by atoms with Crippen LogP contribution in [0.1, 0.15) is 23.7 Å². The van der Waals surface area contributed by atoms with Gasteiger partial charge in [-0.05, 0) is 35.7 Å². The highest BCUT2D eigenvalue weighted by Crippen LogP contribution is 2.31. The van der Waals surface area contributed by atoms with Gasteiger partial charge in [-0.1, -0.05) is 6.07 Å². The molecule has 3 rings (SSSR count). The van der Waals surface area contributed by atoms with Gasteiger partial charge in [-0.3, -0.25) is 4.18 Å². The van der Waals surface area contributed by atoms with E-state index in [-0.39, 0.29) is 12.7 Å². The normalized spacial score (nSPS) is 18.1. The first kappa shape index (κ1) is 15.2. The molecule has 0 radical (unpaired) electrons. The largest absolute Gasteiger partial charge is 0.373 e. The van der Waals surface area contributed by atoms with E-state index in [1.54, 1.807) is 6.20 Å². The summed E-state index contributed by atoms with van der Waals surface area (Å²) in [4.78, 5) is 0. The third-order valence-corrected chi connectivity index (χ3v) is 4.21. The summed E-state index contributed by atoms with van der Waals surface area (Å²) >= 11 is 0. The zero-order valence-electron chi connectivity index (χ0n) is 12.3. The lowest BCUT2D eigenvalue weighted by Gasteiger charge is -2.26. The van der Waals surface area contributed by atoms with Crippen molar-refractivity contribution in [1.29, 1.82) is 0 Å².